The number of allylic oxidation sites excluding steroid dienone is 1. The molecule has 9 heteroatoms. The SMILES string of the molecule is NSN1CCC2(CC1)C(/C=C/c1ccc(F)cc1C(F)(F)F)C2(F)F. The second kappa shape index (κ2) is 6.21. The Morgan fingerprint density at radius 1 is 1.20 bits per heavy atom. The summed E-state index contributed by atoms with van der Waals surface area (Å²) in [6.45, 7) is 0.816. The van der Waals surface area contributed by atoms with Gasteiger partial charge in [0.1, 0.15) is 5.82 Å². The molecule has 0 aromatic heterocycles. The van der Waals surface area contributed by atoms with Crippen LogP contribution in [-0.2, 0) is 6.18 Å². The van der Waals surface area contributed by atoms with Gasteiger partial charge in [0, 0.05) is 30.6 Å². The van der Waals surface area contributed by atoms with E-state index in [1.54, 1.807) is 4.31 Å². The highest BCUT2D eigenvalue weighted by Gasteiger charge is 2.78. The minimum absolute atomic E-state index is 0.231. The number of hydrogen-bond donors (Lipinski definition) is 1. The van der Waals surface area contributed by atoms with Crippen LogP contribution in [0.2, 0.25) is 0 Å². The molecular formula is C16H16F6N2S. The Balaban J connectivity index is 1.82. The van der Waals surface area contributed by atoms with Gasteiger partial charge in [-0.05, 0) is 30.5 Å². The quantitative estimate of drug-likeness (QED) is 0.606. The van der Waals surface area contributed by atoms with Crippen LogP contribution in [-0.4, -0.2) is 23.3 Å². The average molecular weight is 382 g/mol. The van der Waals surface area contributed by atoms with Crippen molar-refractivity contribution in [3.63, 3.8) is 0 Å². The lowest BCUT2D eigenvalue weighted by atomic mass is 9.91. The van der Waals surface area contributed by atoms with Crippen LogP contribution < -0.4 is 5.14 Å². The predicted octanol–water partition coefficient (Wildman–Crippen LogP) is 4.73. The van der Waals surface area contributed by atoms with E-state index in [1.165, 1.54) is 0 Å². The second-order valence-corrected chi connectivity index (χ2v) is 7.11. The highest BCUT2D eigenvalue weighted by Crippen LogP contribution is 2.71. The molecule has 1 unspecified atom stereocenters. The van der Waals surface area contributed by atoms with E-state index in [0.717, 1.165) is 36.4 Å². The first-order chi connectivity index (χ1) is 11.6. The van der Waals surface area contributed by atoms with Crippen LogP contribution in [0.3, 0.4) is 0 Å². The summed E-state index contributed by atoms with van der Waals surface area (Å²) in [6, 6.07) is 2.21. The molecule has 25 heavy (non-hydrogen) atoms. The van der Waals surface area contributed by atoms with Crippen molar-refractivity contribution in [2.45, 2.75) is 24.9 Å². The summed E-state index contributed by atoms with van der Waals surface area (Å²) < 4.78 is 82.4. The first kappa shape index (κ1) is 18.6. The summed E-state index contributed by atoms with van der Waals surface area (Å²) in [6.07, 6.45) is -2.13. The summed E-state index contributed by atoms with van der Waals surface area (Å²) in [5.74, 6) is -5.09. The van der Waals surface area contributed by atoms with Gasteiger partial charge in [-0.2, -0.15) is 13.2 Å². The summed E-state index contributed by atoms with van der Waals surface area (Å²) in [4.78, 5) is 0. The van der Waals surface area contributed by atoms with Crippen molar-refractivity contribution in [3.05, 3.63) is 41.2 Å². The third-order valence-electron chi connectivity index (χ3n) is 5.12. The van der Waals surface area contributed by atoms with Gasteiger partial charge in [-0.1, -0.05) is 18.2 Å². The van der Waals surface area contributed by atoms with Crippen LogP contribution in [0.5, 0.6) is 0 Å². The average Bonchev–Trinajstić information content (AvgIpc) is 2.99. The Kier molecular flexibility index (Phi) is 4.62. The molecule has 2 aliphatic rings. The van der Waals surface area contributed by atoms with Crippen molar-refractivity contribution in [2.75, 3.05) is 13.1 Å². The van der Waals surface area contributed by atoms with Gasteiger partial charge in [0.05, 0.1) is 11.5 Å². The van der Waals surface area contributed by atoms with Crippen molar-refractivity contribution in [1.29, 1.82) is 0 Å². The van der Waals surface area contributed by atoms with Crippen LogP contribution in [0.4, 0.5) is 26.3 Å². The summed E-state index contributed by atoms with van der Waals surface area (Å²) >= 11 is 1.00. The van der Waals surface area contributed by atoms with Crippen LogP contribution in [0.1, 0.15) is 24.0 Å². The van der Waals surface area contributed by atoms with E-state index < -0.39 is 34.8 Å². The fourth-order valence-electron chi connectivity index (χ4n) is 3.60. The Bertz CT molecular complexity index is 680. The van der Waals surface area contributed by atoms with Gasteiger partial charge < -0.3 is 0 Å². The first-order valence-electron chi connectivity index (χ1n) is 7.66. The fraction of sp³-hybridized carbons (Fsp3) is 0.500. The van der Waals surface area contributed by atoms with Crippen LogP contribution in [0.15, 0.2) is 24.3 Å². The van der Waals surface area contributed by atoms with Gasteiger partial charge in [-0.25, -0.2) is 17.5 Å². The number of benzene rings is 1. The normalized spacial score (nSPS) is 25.6. The van der Waals surface area contributed by atoms with Crippen LogP contribution >= 0.6 is 12.1 Å². The Hall–Kier alpha value is -1.19. The number of nitrogens with zero attached hydrogens (tertiary/aromatic N) is 1. The van der Waals surface area contributed by atoms with E-state index in [-0.39, 0.29) is 18.4 Å². The maximum Gasteiger partial charge on any atom is 0.417 e. The van der Waals surface area contributed by atoms with Crippen molar-refractivity contribution in [2.24, 2.45) is 16.5 Å². The Morgan fingerprint density at radius 2 is 1.84 bits per heavy atom. The van der Waals surface area contributed by atoms with E-state index in [0.29, 0.717) is 19.2 Å². The van der Waals surface area contributed by atoms with Gasteiger partial charge in [0.2, 0.25) is 0 Å². The Morgan fingerprint density at radius 3 is 2.40 bits per heavy atom. The fourth-order valence-corrected chi connectivity index (χ4v) is 3.99. The largest absolute Gasteiger partial charge is 0.417 e. The predicted molar refractivity (Wildman–Crippen MR) is 83.9 cm³/mol. The molecular weight excluding hydrogens is 366 g/mol. The van der Waals surface area contributed by atoms with Gasteiger partial charge in [0.25, 0.3) is 5.92 Å². The standard InChI is InChI=1S/C16H16F6N2S/c17-11-3-1-10(12(9-11)16(20,21)22)2-4-13-14(15(13,18)19)5-7-24(25-23)8-6-14/h1-4,9,13H,5-8,23H2/b4-2+. The zero-order valence-electron chi connectivity index (χ0n) is 13.0. The summed E-state index contributed by atoms with van der Waals surface area (Å²) in [5, 5.41) is 5.42. The summed E-state index contributed by atoms with van der Waals surface area (Å²) in [7, 11) is 0. The number of nitrogens with two attached hydrogens (primary N) is 1. The molecule has 0 bridgehead atoms. The van der Waals surface area contributed by atoms with E-state index in [4.69, 9.17) is 5.14 Å². The van der Waals surface area contributed by atoms with Crippen LogP contribution in [0, 0.1) is 17.2 Å². The monoisotopic (exact) mass is 382 g/mol. The van der Waals surface area contributed by atoms with Gasteiger partial charge in [0.15, 0.2) is 0 Å². The highest BCUT2D eigenvalue weighted by molar-refractivity contribution is 7.94. The molecule has 1 heterocycles. The van der Waals surface area contributed by atoms with E-state index in [1.807, 2.05) is 0 Å². The van der Waals surface area contributed by atoms with Gasteiger partial charge in [-0.15, -0.1) is 0 Å². The number of rotatable bonds is 3. The highest BCUT2D eigenvalue weighted by atomic mass is 32.2. The molecule has 1 saturated heterocycles. The van der Waals surface area contributed by atoms with E-state index >= 15 is 0 Å². The molecule has 1 aromatic rings. The maximum absolute atomic E-state index is 14.3. The van der Waals surface area contributed by atoms with Gasteiger partial charge >= 0.3 is 6.18 Å². The van der Waals surface area contributed by atoms with E-state index in [9.17, 15) is 26.3 Å². The number of halogens is 6. The number of alkyl halides is 5. The van der Waals surface area contributed by atoms with E-state index in [2.05, 4.69) is 0 Å². The third-order valence-corrected chi connectivity index (χ3v) is 5.78. The second-order valence-electron chi connectivity index (χ2n) is 6.38. The minimum atomic E-state index is -4.75. The molecule has 1 aromatic carbocycles. The lowest BCUT2D eigenvalue weighted by Gasteiger charge is -2.30. The van der Waals surface area contributed by atoms with Crippen molar-refractivity contribution < 1.29 is 26.3 Å². The van der Waals surface area contributed by atoms with Crippen LogP contribution in [0.25, 0.3) is 6.08 Å². The molecule has 0 radical (unpaired) electrons. The lowest BCUT2D eigenvalue weighted by molar-refractivity contribution is -0.137. The number of piperidine rings is 1. The van der Waals surface area contributed by atoms with Gasteiger partial charge in [-0.3, -0.25) is 5.14 Å². The topological polar surface area (TPSA) is 29.3 Å². The molecule has 1 aliphatic carbocycles. The lowest BCUT2D eigenvalue weighted by Crippen LogP contribution is -2.33. The first-order valence-corrected chi connectivity index (χ1v) is 8.50. The summed E-state index contributed by atoms with van der Waals surface area (Å²) in [5.41, 5.74) is -2.70. The van der Waals surface area contributed by atoms with Crippen molar-refractivity contribution in [3.8, 4) is 0 Å². The molecule has 1 aliphatic heterocycles. The maximum atomic E-state index is 14.3. The zero-order valence-corrected chi connectivity index (χ0v) is 13.8. The molecule has 2 N–H and O–H groups in total. The molecule has 1 spiro atoms. The molecule has 1 saturated carbocycles. The molecule has 1 atom stereocenters. The molecule has 138 valence electrons. The minimum Gasteiger partial charge on any atom is -0.264 e. The molecule has 3 rings (SSSR count). The smallest absolute Gasteiger partial charge is 0.264 e. The Labute approximate surface area is 145 Å². The molecule has 2 nitrogen and oxygen atoms in total. The number of hydrogen-bond acceptors (Lipinski definition) is 3. The molecule has 0 amide bonds. The third kappa shape index (κ3) is 3.17. The zero-order chi connectivity index (χ0) is 18.5. The molecule has 2 fully saturated rings. The van der Waals surface area contributed by atoms with Crippen molar-refractivity contribution >= 4 is 18.2 Å². The van der Waals surface area contributed by atoms with Crippen molar-refractivity contribution in [1.82, 2.24) is 4.31 Å².